The summed E-state index contributed by atoms with van der Waals surface area (Å²) in [6.45, 7) is -0.251. The van der Waals surface area contributed by atoms with Crippen LogP contribution in [-0.4, -0.2) is 39.1 Å². The van der Waals surface area contributed by atoms with Gasteiger partial charge >= 0.3 is 0 Å². The van der Waals surface area contributed by atoms with Gasteiger partial charge in [0.05, 0.1) is 28.6 Å². The van der Waals surface area contributed by atoms with Crippen LogP contribution in [0.1, 0.15) is 25.7 Å². The standard InChI is InChI=1S/C23H22N4O3/c28-20(13-27-22(29)14-7-1-2-8-15(14)23(27)30)24-17-10-4-3-9-16(17)21-25-18-11-5-6-12-19(18)26-21/h3-6,9-12,14-15H,1-2,7-8,13H2,(H,24,28)(H,25,26)/t14-,15-/m0/s1. The molecule has 0 radical (unpaired) electrons. The molecular formula is C23H22N4O3. The molecule has 2 aromatic carbocycles. The molecule has 2 N–H and O–H groups in total. The molecule has 2 fully saturated rings. The Hall–Kier alpha value is -3.48. The average Bonchev–Trinajstić information content (AvgIpc) is 3.30. The molecule has 30 heavy (non-hydrogen) atoms. The molecule has 1 aliphatic heterocycles. The number of imide groups is 1. The summed E-state index contributed by atoms with van der Waals surface area (Å²) in [5.41, 5.74) is 3.07. The summed E-state index contributed by atoms with van der Waals surface area (Å²) >= 11 is 0. The summed E-state index contributed by atoms with van der Waals surface area (Å²) < 4.78 is 0. The lowest BCUT2D eigenvalue weighted by atomic mass is 9.81. The van der Waals surface area contributed by atoms with Crippen molar-refractivity contribution in [1.82, 2.24) is 14.9 Å². The summed E-state index contributed by atoms with van der Waals surface area (Å²) in [5, 5.41) is 2.86. The first-order valence-electron chi connectivity index (χ1n) is 10.3. The molecule has 2 aliphatic rings. The molecule has 152 valence electrons. The third-order valence-electron chi connectivity index (χ3n) is 6.08. The minimum Gasteiger partial charge on any atom is -0.338 e. The second-order valence-corrected chi connectivity index (χ2v) is 7.96. The van der Waals surface area contributed by atoms with Crippen LogP contribution in [0.25, 0.3) is 22.4 Å². The van der Waals surface area contributed by atoms with Crippen LogP contribution in [0.2, 0.25) is 0 Å². The third kappa shape index (κ3) is 3.16. The number of benzene rings is 2. The van der Waals surface area contributed by atoms with Crippen molar-refractivity contribution in [1.29, 1.82) is 0 Å². The normalized spacial score (nSPS) is 21.1. The van der Waals surface area contributed by atoms with Crippen LogP contribution in [0.4, 0.5) is 5.69 Å². The van der Waals surface area contributed by atoms with Gasteiger partial charge in [0.15, 0.2) is 0 Å². The number of H-pyrrole nitrogens is 1. The van der Waals surface area contributed by atoms with E-state index in [4.69, 9.17) is 0 Å². The number of amides is 3. The predicted molar refractivity (Wildman–Crippen MR) is 112 cm³/mol. The van der Waals surface area contributed by atoms with Crippen LogP contribution >= 0.6 is 0 Å². The molecule has 5 rings (SSSR count). The fourth-order valence-corrected chi connectivity index (χ4v) is 4.60. The number of aromatic amines is 1. The molecule has 0 bridgehead atoms. The van der Waals surface area contributed by atoms with Crippen LogP contribution < -0.4 is 5.32 Å². The van der Waals surface area contributed by atoms with Crippen LogP contribution in [-0.2, 0) is 14.4 Å². The van der Waals surface area contributed by atoms with Crippen molar-refractivity contribution in [2.45, 2.75) is 25.7 Å². The lowest BCUT2D eigenvalue weighted by molar-refractivity contribution is -0.142. The lowest BCUT2D eigenvalue weighted by Gasteiger charge is -2.19. The van der Waals surface area contributed by atoms with Gasteiger partial charge in [-0.05, 0) is 37.1 Å². The van der Waals surface area contributed by atoms with Crippen LogP contribution in [0, 0.1) is 11.8 Å². The Balaban J connectivity index is 1.36. The lowest BCUT2D eigenvalue weighted by Crippen LogP contribution is -2.38. The van der Waals surface area contributed by atoms with E-state index in [2.05, 4.69) is 15.3 Å². The van der Waals surface area contributed by atoms with Gasteiger partial charge in [0.25, 0.3) is 0 Å². The number of carbonyl (C=O) groups is 3. The number of imidazole rings is 1. The fraction of sp³-hybridized carbons (Fsp3) is 0.304. The van der Waals surface area contributed by atoms with Gasteiger partial charge in [0, 0.05) is 5.56 Å². The molecule has 0 spiro atoms. The van der Waals surface area contributed by atoms with Gasteiger partial charge in [-0.3, -0.25) is 19.3 Å². The summed E-state index contributed by atoms with van der Waals surface area (Å²) in [7, 11) is 0. The Morgan fingerprint density at radius 2 is 1.67 bits per heavy atom. The Labute approximate surface area is 173 Å². The zero-order chi connectivity index (χ0) is 20.7. The smallest absolute Gasteiger partial charge is 0.244 e. The number of rotatable bonds is 4. The van der Waals surface area contributed by atoms with Crippen LogP contribution in [0.3, 0.4) is 0 Å². The number of anilines is 1. The maximum absolute atomic E-state index is 12.7. The summed E-state index contributed by atoms with van der Waals surface area (Å²) in [4.78, 5) is 47.0. The molecule has 3 aromatic rings. The molecule has 0 unspecified atom stereocenters. The highest BCUT2D eigenvalue weighted by atomic mass is 16.2. The number of aromatic nitrogens is 2. The highest BCUT2D eigenvalue weighted by molar-refractivity contribution is 6.09. The van der Waals surface area contributed by atoms with E-state index >= 15 is 0 Å². The Bertz CT molecular complexity index is 1100. The molecule has 2 atom stereocenters. The van der Waals surface area contributed by atoms with E-state index in [0.29, 0.717) is 11.5 Å². The predicted octanol–water partition coefficient (Wildman–Crippen LogP) is 3.34. The molecule has 7 nitrogen and oxygen atoms in total. The zero-order valence-electron chi connectivity index (χ0n) is 16.4. The number of hydrogen-bond acceptors (Lipinski definition) is 4. The van der Waals surface area contributed by atoms with E-state index in [-0.39, 0.29) is 36.1 Å². The highest BCUT2D eigenvalue weighted by Gasteiger charge is 2.48. The maximum atomic E-state index is 12.7. The Morgan fingerprint density at radius 1 is 1.00 bits per heavy atom. The highest BCUT2D eigenvalue weighted by Crippen LogP contribution is 2.38. The second kappa shape index (κ2) is 7.40. The van der Waals surface area contributed by atoms with E-state index in [1.54, 1.807) is 6.07 Å². The van der Waals surface area contributed by atoms with E-state index in [0.717, 1.165) is 47.2 Å². The van der Waals surface area contributed by atoms with Crippen molar-refractivity contribution in [2.75, 3.05) is 11.9 Å². The number of fused-ring (bicyclic) bond motifs is 2. The van der Waals surface area contributed by atoms with Gasteiger partial charge in [-0.2, -0.15) is 0 Å². The summed E-state index contributed by atoms with van der Waals surface area (Å²) in [5.74, 6) is -0.648. The SMILES string of the molecule is O=C(CN1C(=O)[C@H]2CCCC[C@@H]2C1=O)Nc1ccccc1-c1nc2ccccc2[nH]1. The molecule has 2 heterocycles. The van der Waals surface area contributed by atoms with Crippen molar-refractivity contribution >= 4 is 34.4 Å². The fourth-order valence-electron chi connectivity index (χ4n) is 4.60. The van der Waals surface area contributed by atoms with Crippen molar-refractivity contribution in [3.05, 3.63) is 48.5 Å². The molecule has 1 aliphatic carbocycles. The van der Waals surface area contributed by atoms with Crippen LogP contribution in [0.5, 0.6) is 0 Å². The van der Waals surface area contributed by atoms with Crippen molar-refractivity contribution in [3.8, 4) is 11.4 Å². The van der Waals surface area contributed by atoms with Gasteiger partial charge in [-0.25, -0.2) is 4.98 Å². The summed E-state index contributed by atoms with van der Waals surface area (Å²) in [6.07, 6.45) is 3.40. The van der Waals surface area contributed by atoms with E-state index in [1.165, 1.54) is 0 Å². The number of para-hydroxylation sites is 3. The van der Waals surface area contributed by atoms with Crippen molar-refractivity contribution < 1.29 is 14.4 Å². The third-order valence-corrected chi connectivity index (χ3v) is 6.08. The number of nitrogens with zero attached hydrogens (tertiary/aromatic N) is 2. The van der Waals surface area contributed by atoms with Gasteiger partial charge in [-0.15, -0.1) is 0 Å². The molecule has 1 aromatic heterocycles. The van der Waals surface area contributed by atoms with Gasteiger partial charge < -0.3 is 10.3 Å². The summed E-state index contributed by atoms with van der Waals surface area (Å²) in [6, 6.07) is 15.1. The average molecular weight is 402 g/mol. The second-order valence-electron chi connectivity index (χ2n) is 7.96. The number of hydrogen-bond donors (Lipinski definition) is 2. The number of carbonyl (C=O) groups excluding carboxylic acids is 3. The first-order valence-corrected chi connectivity index (χ1v) is 10.3. The molecule has 1 saturated heterocycles. The van der Waals surface area contributed by atoms with Crippen molar-refractivity contribution in [3.63, 3.8) is 0 Å². The minimum atomic E-state index is -0.390. The first-order chi connectivity index (χ1) is 14.6. The minimum absolute atomic E-state index is 0.203. The largest absolute Gasteiger partial charge is 0.338 e. The molecule has 7 heteroatoms. The molecule has 1 saturated carbocycles. The van der Waals surface area contributed by atoms with E-state index in [9.17, 15) is 14.4 Å². The molecule has 3 amide bonds. The Kier molecular flexibility index (Phi) is 4.58. The van der Waals surface area contributed by atoms with Crippen molar-refractivity contribution in [2.24, 2.45) is 11.8 Å². The van der Waals surface area contributed by atoms with E-state index in [1.807, 2.05) is 42.5 Å². The van der Waals surface area contributed by atoms with Gasteiger partial charge in [0.2, 0.25) is 17.7 Å². The zero-order valence-corrected chi connectivity index (χ0v) is 16.4. The molecular weight excluding hydrogens is 380 g/mol. The topological polar surface area (TPSA) is 95.2 Å². The van der Waals surface area contributed by atoms with Gasteiger partial charge in [0.1, 0.15) is 12.4 Å². The van der Waals surface area contributed by atoms with Gasteiger partial charge in [-0.1, -0.05) is 37.1 Å². The quantitative estimate of drug-likeness (QED) is 0.655. The Morgan fingerprint density at radius 3 is 2.40 bits per heavy atom. The van der Waals surface area contributed by atoms with E-state index < -0.39 is 0 Å². The number of nitrogens with one attached hydrogen (secondary N) is 2. The number of likely N-dealkylation sites (tertiary alicyclic amines) is 1. The maximum Gasteiger partial charge on any atom is 0.244 e. The first kappa shape index (κ1) is 18.5. The monoisotopic (exact) mass is 402 g/mol. The van der Waals surface area contributed by atoms with Crippen LogP contribution in [0.15, 0.2) is 48.5 Å².